The molecule has 3 aromatic rings. The predicted octanol–water partition coefficient (Wildman–Crippen LogP) is 5.52. The summed E-state index contributed by atoms with van der Waals surface area (Å²) in [6.45, 7) is 0. The summed E-state index contributed by atoms with van der Waals surface area (Å²) in [4.78, 5) is 17.7. The van der Waals surface area contributed by atoms with E-state index >= 15 is 0 Å². The quantitative estimate of drug-likeness (QED) is 0.588. The van der Waals surface area contributed by atoms with E-state index in [0.717, 1.165) is 30.5 Å². The van der Waals surface area contributed by atoms with Crippen LogP contribution < -0.4 is 0 Å². The maximum atomic E-state index is 13.4. The van der Waals surface area contributed by atoms with E-state index in [1.165, 1.54) is 11.1 Å². The monoisotopic (exact) mass is 393 g/mol. The summed E-state index contributed by atoms with van der Waals surface area (Å²) in [5, 5.41) is 6.58. The fourth-order valence-electron chi connectivity index (χ4n) is 4.51. The van der Waals surface area contributed by atoms with Gasteiger partial charge in [-0.2, -0.15) is 5.10 Å². The molecule has 2 atom stereocenters. The van der Waals surface area contributed by atoms with Crippen LogP contribution in [0.25, 0.3) is 6.08 Å². The summed E-state index contributed by atoms with van der Waals surface area (Å²) in [6.07, 6.45) is 6.98. The molecule has 4 heteroatoms. The number of hydrogen-bond donors (Lipinski definition) is 0. The highest BCUT2D eigenvalue weighted by atomic mass is 16.2. The third kappa shape index (κ3) is 3.45. The number of allylic oxidation sites excluding steroid dienone is 1. The van der Waals surface area contributed by atoms with Gasteiger partial charge < -0.3 is 0 Å². The molecular weight excluding hydrogens is 370 g/mol. The third-order valence-electron chi connectivity index (χ3n) is 5.88. The van der Waals surface area contributed by atoms with Crippen molar-refractivity contribution in [1.29, 1.82) is 0 Å². The zero-order chi connectivity index (χ0) is 20.3. The number of pyridine rings is 1. The molecule has 1 aliphatic carbocycles. The van der Waals surface area contributed by atoms with Gasteiger partial charge in [0.2, 0.25) is 0 Å². The number of benzene rings is 2. The molecule has 0 saturated heterocycles. The standard InChI is InChI=1S/C26H23N3O/c30-26(23-16-7-8-17-27-23)29-25(20-12-5-2-6-13-20)22-15-9-14-21(24(22)28-29)18-19-10-3-1-4-11-19/h1-8,10-13,16-18,22,25H,9,14-15H2/b21-18+. The lowest BCUT2D eigenvalue weighted by Gasteiger charge is -2.29. The molecular formula is C26H23N3O. The fourth-order valence-corrected chi connectivity index (χ4v) is 4.51. The Hall–Kier alpha value is -3.53. The average Bonchev–Trinajstić information content (AvgIpc) is 3.21. The topological polar surface area (TPSA) is 45.6 Å². The van der Waals surface area contributed by atoms with Crippen molar-refractivity contribution in [3.8, 4) is 0 Å². The van der Waals surface area contributed by atoms with Crippen LogP contribution >= 0.6 is 0 Å². The predicted molar refractivity (Wildman–Crippen MR) is 119 cm³/mol. The molecule has 1 aliphatic heterocycles. The number of hydrogen-bond acceptors (Lipinski definition) is 3. The Morgan fingerprint density at radius 2 is 1.67 bits per heavy atom. The number of hydrazone groups is 1. The van der Waals surface area contributed by atoms with Crippen molar-refractivity contribution in [2.24, 2.45) is 11.0 Å². The van der Waals surface area contributed by atoms with Crippen LogP contribution in [-0.2, 0) is 0 Å². The lowest BCUT2D eigenvalue weighted by atomic mass is 9.77. The smallest absolute Gasteiger partial charge is 0.265 e. The zero-order valence-corrected chi connectivity index (χ0v) is 16.7. The molecule has 1 fully saturated rings. The van der Waals surface area contributed by atoms with E-state index in [2.05, 4.69) is 35.3 Å². The lowest BCUT2D eigenvalue weighted by Crippen LogP contribution is -2.32. The Balaban J connectivity index is 1.58. The molecule has 148 valence electrons. The van der Waals surface area contributed by atoms with Gasteiger partial charge in [0.15, 0.2) is 0 Å². The second-order valence-corrected chi connectivity index (χ2v) is 7.78. The van der Waals surface area contributed by atoms with E-state index in [1.807, 2.05) is 48.5 Å². The number of nitrogens with zero attached hydrogens (tertiary/aromatic N) is 3. The highest BCUT2D eigenvalue weighted by Gasteiger charge is 2.44. The van der Waals surface area contributed by atoms with Gasteiger partial charge in [0, 0.05) is 12.1 Å². The molecule has 1 amide bonds. The van der Waals surface area contributed by atoms with E-state index in [4.69, 9.17) is 5.10 Å². The van der Waals surface area contributed by atoms with Crippen LogP contribution in [0.4, 0.5) is 0 Å². The minimum absolute atomic E-state index is 0.102. The molecule has 5 rings (SSSR count). The summed E-state index contributed by atoms with van der Waals surface area (Å²) < 4.78 is 0. The maximum absolute atomic E-state index is 13.4. The number of amides is 1. The second-order valence-electron chi connectivity index (χ2n) is 7.78. The van der Waals surface area contributed by atoms with Crippen LogP contribution in [0.1, 0.15) is 46.9 Å². The summed E-state index contributed by atoms with van der Waals surface area (Å²) in [7, 11) is 0. The van der Waals surface area contributed by atoms with E-state index in [1.54, 1.807) is 17.3 Å². The van der Waals surface area contributed by atoms with Gasteiger partial charge in [0.25, 0.3) is 5.91 Å². The first-order chi connectivity index (χ1) is 14.8. The van der Waals surface area contributed by atoms with Crippen molar-refractivity contribution < 1.29 is 4.79 Å². The Kier molecular flexibility index (Phi) is 4.98. The molecule has 0 bridgehead atoms. The molecule has 1 saturated carbocycles. The van der Waals surface area contributed by atoms with Gasteiger partial charge in [-0.05, 0) is 54.2 Å². The van der Waals surface area contributed by atoms with Gasteiger partial charge >= 0.3 is 0 Å². The summed E-state index contributed by atoms with van der Waals surface area (Å²) in [5.41, 5.74) is 4.99. The van der Waals surface area contributed by atoms with Crippen molar-refractivity contribution in [1.82, 2.24) is 9.99 Å². The second kappa shape index (κ2) is 8.07. The van der Waals surface area contributed by atoms with Crippen LogP contribution in [0.3, 0.4) is 0 Å². The molecule has 2 aliphatic rings. The first kappa shape index (κ1) is 18.5. The van der Waals surface area contributed by atoms with Crippen molar-refractivity contribution in [2.45, 2.75) is 25.3 Å². The molecule has 2 unspecified atom stereocenters. The molecule has 2 heterocycles. The average molecular weight is 393 g/mol. The first-order valence-electron chi connectivity index (χ1n) is 10.5. The Bertz CT molecular complexity index is 1090. The molecule has 0 radical (unpaired) electrons. The zero-order valence-electron chi connectivity index (χ0n) is 16.7. The fraction of sp³-hybridized carbons (Fsp3) is 0.192. The molecule has 30 heavy (non-hydrogen) atoms. The van der Waals surface area contributed by atoms with Gasteiger partial charge in [-0.3, -0.25) is 9.78 Å². The van der Waals surface area contributed by atoms with Gasteiger partial charge in [0.1, 0.15) is 5.69 Å². The van der Waals surface area contributed by atoms with E-state index in [0.29, 0.717) is 5.69 Å². The highest BCUT2D eigenvalue weighted by molar-refractivity contribution is 6.09. The number of rotatable bonds is 3. The number of carbonyl (C=O) groups excluding carboxylic acids is 1. The van der Waals surface area contributed by atoms with E-state index < -0.39 is 0 Å². The van der Waals surface area contributed by atoms with Gasteiger partial charge in [-0.25, -0.2) is 5.01 Å². The third-order valence-corrected chi connectivity index (χ3v) is 5.88. The molecule has 2 aromatic carbocycles. The summed E-state index contributed by atoms with van der Waals surface area (Å²) >= 11 is 0. The van der Waals surface area contributed by atoms with Crippen LogP contribution in [-0.4, -0.2) is 21.6 Å². The molecule has 4 nitrogen and oxygen atoms in total. The lowest BCUT2D eigenvalue weighted by molar-refractivity contribution is 0.0675. The Labute approximate surface area is 176 Å². The van der Waals surface area contributed by atoms with Gasteiger partial charge in [-0.1, -0.05) is 66.7 Å². The summed E-state index contributed by atoms with van der Waals surface area (Å²) in [6, 6.07) is 25.9. The normalized spacial score (nSPS) is 21.9. The molecule has 1 aromatic heterocycles. The van der Waals surface area contributed by atoms with Crippen molar-refractivity contribution >= 4 is 17.7 Å². The van der Waals surface area contributed by atoms with Crippen LogP contribution in [0.15, 0.2) is 95.7 Å². The summed E-state index contributed by atoms with van der Waals surface area (Å²) in [5.74, 6) is 0.0502. The molecule has 0 spiro atoms. The van der Waals surface area contributed by atoms with E-state index in [-0.39, 0.29) is 17.9 Å². The number of carbonyl (C=O) groups is 1. The van der Waals surface area contributed by atoms with Crippen LogP contribution in [0.5, 0.6) is 0 Å². The van der Waals surface area contributed by atoms with Gasteiger partial charge in [-0.15, -0.1) is 0 Å². The first-order valence-corrected chi connectivity index (χ1v) is 10.5. The number of fused-ring (bicyclic) bond motifs is 1. The van der Waals surface area contributed by atoms with Crippen molar-refractivity contribution in [3.05, 3.63) is 107 Å². The maximum Gasteiger partial charge on any atom is 0.293 e. The Morgan fingerprint density at radius 1 is 0.933 bits per heavy atom. The van der Waals surface area contributed by atoms with E-state index in [9.17, 15) is 4.79 Å². The van der Waals surface area contributed by atoms with Crippen molar-refractivity contribution in [3.63, 3.8) is 0 Å². The molecule has 0 N–H and O–H groups in total. The van der Waals surface area contributed by atoms with Gasteiger partial charge in [0.05, 0.1) is 11.8 Å². The SMILES string of the molecule is O=C(c1ccccn1)N1N=C2/C(=C/c3ccccc3)CCCC2C1c1ccccc1. The van der Waals surface area contributed by atoms with Crippen LogP contribution in [0.2, 0.25) is 0 Å². The minimum Gasteiger partial charge on any atom is -0.265 e. The largest absolute Gasteiger partial charge is 0.293 e. The van der Waals surface area contributed by atoms with Crippen molar-refractivity contribution in [2.75, 3.05) is 0 Å². The number of aromatic nitrogens is 1. The van der Waals surface area contributed by atoms with Crippen LogP contribution in [0, 0.1) is 5.92 Å². The minimum atomic E-state index is -0.148. The highest BCUT2D eigenvalue weighted by Crippen LogP contribution is 2.44. The Morgan fingerprint density at radius 3 is 2.40 bits per heavy atom.